The van der Waals surface area contributed by atoms with E-state index in [1.807, 2.05) is 24.3 Å². The number of anilines is 1. The highest BCUT2D eigenvalue weighted by molar-refractivity contribution is 5.88. The van der Waals surface area contributed by atoms with Crippen molar-refractivity contribution in [2.24, 2.45) is 0 Å². The van der Waals surface area contributed by atoms with Gasteiger partial charge in [-0.1, -0.05) is 45.0 Å². The average Bonchev–Trinajstić information content (AvgIpc) is 2.88. The zero-order valence-corrected chi connectivity index (χ0v) is 23.3. The van der Waals surface area contributed by atoms with Gasteiger partial charge in [-0.15, -0.1) is 0 Å². The largest absolute Gasteiger partial charge is 0.493 e. The first-order valence-electron chi connectivity index (χ1n) is 13.2. The first kappa shape index (κ1) is 28.8. The molecular weight excluding hydrogens is 478 g/mol. The zero-order chi connectivity index (χ0) is 27.9. The molecule has 0 aromatic heterocycles. The Morgan fingerprint density at radius 1 is 0.842 bits per heavy atom. The number of nitrogens with zero attached hydrogens (tertiary/aromatic N) is 1. The number of ether oxygens (including phenoxy) is 2. The Kier molecular flexibility index (Phi) is 9.56. The van der Waals surface area contributed by atoms with Crippen molar-refractivity contribution in [3.05, 3.63) is 71.8 Å². The van der Waals surface area contributed by atoms with Crippen LogP contribution in [0, 0.1) is 0 Å². The van der Waals surface area contributed by atoms with E-state index >= 15 is 0 Å². The van der Waals surface area contributed by atoms with Crippen molar-refractivity contribution in [3.63, 3.8) is 0 Å². The van der Waals surface area contributed by atoms with Crippen LogP contribution in [0.15, 0.2) is 60.7 Å². The molecule has 38 heavy (non-hydrogen) atoms. The molecule has 0 fully saturated rings. The molecule has 3 aromatic carbocycles. The van der Waals surface area contributed by atoms with E-state index in [0.717, 1.165) is 41.1 Å². The number of carboxylic acid groups (broad SMARTS) is 1. The highest BCUT2D eigenvalue weighted by Crippen LogP contribution is 2.40. The van der Waals surface area contributed by atoms with Crippen LogP contribution in [0.5, 0.6) is 5.75 Å². The molecule has 3 aromatic rings. The van der Waals surface area contributed by atoms with Gasteiger partial charge in [0.2, 0.25) is 0 Å². The second kappa shape index (κ2) is 12.6. The molecule has 3 rings (SSSR count). The lowest BCUT2D eigenvalue weighted by Gasteiger charge is -2.31. The predicted molar refractivity (Wildman–Crippen MR) is 153 cm³/mol. The van der Waals surface area contributed by atoms with Crippen molar-refractivity contribution in [1.82, 2.24) is 0 Å². The summed E-state index contributed by atoms with van der Waals surface area (Å²) in [6.07, 6.45) is 0.589. The van der Waals surface area contributed by atoms with Gasteiger partial charge in [0.1, 0.15) is 5.75 Å². The van der Waals surface area contributed by atoms with Crippen molar-refractivity contribution in [3.8, 4) is 28.0 Å². The maximum absolute atomic E-state index is 11.3. The second-order valence-corrected chi connectivity index (χ2v) is 10.3. The van der Waals surface area contributed by atoms with Gasteiger partial charge >= 0.3 is 11.9 Å². The first-order valence-corrected chi connectivity index (χ1v) is 13.2. The Morgan fingerprint density at radius 2 is 1.47 bits per heavy atom. The summed E-state index contributed by atoms with van der Waals surface area (Å²) in [5.74, 6) is -0.501. The van der Waals surface area contributed by atoms with Gasteiger partial charge in [0.15, 0.2) is 0 Å². The molecule has 1 N–H and O–H groups in total. The second-order valence-electron chi connectivity index (χ2n) is 10.3. The lowest BCUT2D eigenvalue weighted by atomic mass is 9.83. The van der Waals surface area contributed by atoms with Crippen LogP contribution in [0.25, 0.3) is 22.3 Å². The van der Waals surface area contributed by atoms with Gasteiger partial charge in [0.05, 0.1) is 18.8 Å². The quantitative estimate of drug-likeness (QED) is 0.214. The van der Waals surface area contributed by atoms with E-state index < -0.39 is 5.97 Å². The fourth-order valence-corrected chi connectivity index (χ4v) is 4.47. The Bertz CT molecular complexity index is 1250. The number of benzene rings is 3. The number of hydrogen-bond acceptors (Lipinski definition) is 5. The Labute approximate surface area is 226 Å². The molecule has 202 valence electrons. The van der Waals surface area contributed by atoms with E-state index in [1.165, 1.54) is 18.2 Å². The highest BCUT2D eigenvalue weighted by Gasteiger charge is 2.22. The summed E-state index contributed by atoms with van der Waals surface area (Å²) in [7, 11) is 0. The minimum Gasteiger partial charge on any atom is -0.493 e. The molecule has 0 amide bonds. The van der Waals surface area contributed by atoms with Crippen LogP contribution in [0.1, 0.15) is 63.9 Å². The van der Waals surface area contributed by atoms with Gasteiger partial charge in [-0.05, 0) is 77.9 Å². The van der Waals surface area contributed by atoms with Gasteiger partial charge in [-0.3, -0.25) is 4.79 Å². The van der Waals surface area contributed by atoms with Gasteiger partial charge < -0.3 is 19.5 Å². The fraction of sp³-hybridized carbons (Fsp3) is 0.375. The van der Waals surface area contributed by atoms with Crippen molar-refractivity contribution in [2.45, 2.75) is 53.4 Å². The molecule has 0 unspecified atom stereocenters. The van der Waals surface area contributed by atoms with Crippen LogP contribution in [0.2, 0.25) is 0 Å². The van der Waals surface area contributed by atoms with E-state index in [0.29, 0.717) is 19.6 Å². The van der Waals surface area contributed by atoms with Crippen LogP contribution < -0.4 is 9.64 Å². The summed E-state index contributed by atoms with van der Waals surface area (Å²) in [6.45, 7) is 15.0. The van der Waals surface area contributed by atoms with E-state index in [-0.39, 0.29) is 16.9 Å². The molecule has 0 saturated heterocycles. The molecule has 0 heterocycles. The van der Waals surface area contributed by atoms with Gasteiger partial charge in [0.25, 0.3) is 0 Å². The summed E-state index contributed by atoms with van der Waals surface area (Å²) in [5, 5.41) is 9.27. The smallest absolute Gasteiger partial charge is 0.335 e. The molecule has 0 atom stereocenters. The van der Waals surface area contributed by atoms with E-state index in [2.05, 4.69) is 63.8 Å². The van der Waals surface area contributed by atoms with Crippen LogP contribution >= 0.6 is 0 Å². The minimum absolute atomic E-state index is 0.0662. The summed E-state index contributed by atoms with van der Waals surface area (Å²) < 4.78 is 11.2. The molecular formula is C32H39NO5. The third kappa shape index (κ3) is 7.15. The normalized spacial score (nSPS) is 11.2. The molecule has 0 spiro atoms. The summed E-state index contributed by atoms with van der Waals surface area (Å²) >= 11 is 0. The van der Waals surface area contributed by atoms with Crippen molar-refractivity contribution >= 4 is 17.6 Å². The number of hydrogen-bond donors (Lipinski definition) is 1. The van der Waals surface area contributed by atoms with Crippen molar-refractivity contribution < 1.29 is 24.2 Å². The molecule has 0 radical (unpaired) electrons. The van der Waals surface area contributed by atoms with Crippen LogP contribution in [0.4, 0.5) is 5.69 Å². The molecule has 0 bridgehead atoms. The third-order valence-corrected chi connectivity index (χ3v) is 6.52. The van der Waals surface area contributed by atoms with Crippen molar-refractivity contribution in [1.29, 1.82) is 0 Å². The van der Waals surface area contributed by atoms with Crippen LogP contribution in [-0.2, 0) is 14.9 Å². The molecule has 0 aliphatic heterocycles. The Balaban J connectivity index is 2.07. The zero-order valence-electron chi connectivity index (χ0n) is 23.3. The number of carbonyl (C=O) groups is 2. The number of carboxylic acids is 1. The average molecular weight is 518 g/mol. The van der Waals surface area contributed by atoms with Crippen LogP contribution in [0.3, 0.4) is 0 Å². The van der Waals surface area contributed by atoms with E-state index in [4.69, 9.17) is 9.47 Å². The van der Waals surface area contributed by atoms with Crippen LogP contribution in [-0.4, -0.2) is 43.3 Å². The lowest BCUT2D eigenvalue weighted by Crippen LogP contribution is -2.26. The predicted octanol–water partition coefficient (Wildman–Crippen LogP) is 7.19. The molecule has 6 nitrogen and oxygen atoms in total. The minimum atomic E-state index is -0.947. The number of aromatic carboxylic acids is 1. The lowest BCUT2D eigenvalue weighted by molar-refractivity contribution is -0.141. The summed E-state index contributed by atoms with van der Waals surface area (Å²) in [4.78, 5) is 24.8. The number of esters is 1. The van der Waals surface area contributed by atoms with Crippen molar-refractivity contribution in [2.75, 3.05) is 31.2 Å². The highest BCUT2D eigenvalue weighted by atomic mass is 16.5. The summed E-state index contributed by atoms with van der Waals surface area (Å²) in [5.41, 5.74) is 6.57. The monoisotopic (exact) mass is 517 g/mol. The first-order chi connectivity index (χ1) is 18.0. The molecule has 0 saturated carbocycles. The number of rotatable bonds is 11. The number of carbonyl (C=O) groups excluding carboxylic acids is 1. The molecule has 0 aliphatic rings. The fourth-order valence-electron chi connectivity index (χ4n) is 4.47. The van der Waals surface area contributed by atoms with Gasteiger partial charge in [-0.25, -0.2) is 4.79 Å². The van der Waals surface area contributed by atoms with Gasteiger partial charge in [-0.2, -0.15) is 0 Å². The molecule has 6 heteroatoms. The molecule has 0 aliphatic carbocycles. The Morgan fingerprint density at radius 3 is 2.05 bits per heavy atom. The topological polar surface area (TPSA) is 76.1 Å². The standard InChI is InChI=1S/C32H39NO5/c1-7-33(8-2)29-16-14-26(21-28(29)32(4,5)6)27-20-25(23-10-12-24(13-11-23)31(35)36)15-17-30(27)38-19-9-18-37-22(3)34/h10-17,20-21H,7-9,18-19H2,1-6H3,(H,35,36). The van der Waals surface area contributed by atoms with E-state index in [9.17, 15) is 14.7 Å². The third-order valence-electron chi connectivity index (χ3n) is 6.52. The Hall–Kier alpha value is -3.80. The van der Waals surface area contributed by atoms with E-state index in [1.54, 1.807) is 12.1 Å². The maximum atomic E-state index is 11.3. The maximum Gasteiger partial charge on any atom is 0.335 e. The van der Waals surface area contributed by atoms with Gasteiger partial charge in [0, 0.05) is 37.7 Å². The SMILES string of the molecule is CCN(CC)c1ccc(-c2cc(-c3ccc(C(=O)O)cc3)ccc2OCCCOC(C)=O)cc1C(C)(C)C. The summed E-state index contributed by atoms with van der Waals surface area (Å²) in [6, 6.07) is 19.5.